The summed E-state index contributed by atoms with van der Waals surface area (Å²) in [7, 11) is 1.61. The second-order valence-corrected chi connectivity index (χ2v) is 4.83. The van der Waals surface area contributed by atoms with E-state index in [1.165, 1.54) is 0 Å². The van der Waals surface area contributed by atoms with Crippen LogP contribution in [0.2, 0.25) is 0 Å². The third kappa shape index (κ3) is 3.21. The van der Waals surface area contributed by atoms with Crippen LogP contribution in [0.25, 0.3) is 11.5 Å². The lowest BCUT2D eigenvalue weighted by molar-refractivity contribution is 0.415. The second-order valence-electron chi connectivity index (χ2n) is 4.83. The fourth-order valence-electron chi connectivity index (χ4n) is 2.09. The minimum absolute atomic E-state index is 0.136. The molecule has 0 aliphatic heterocycles. The molecule has 116 valence electrons. The summed E-state index contributed by atoms with van der Waals surface area (Å²) in [4.78, 5) is 4.26. The molecule has 3 aromatic rings. The molecular weight excluding hydrogens is 294 g/mol. The average molecular weight is 309 g/mol. The van der Waals surface area contributed by atoms with Gasteiger partial charge in [0.15, 0.2) is 0 Å². The molecular formula is C17H15N3O3. The maximum absolute atomic E-state index is 9.83. The summed E-state index contributed by atoms with van der Waals surface area (Å²) in [5.74, 6) is 1.28. The van der Waals surface area contributed by atoms with Crippen molar-refractivity contribution >= 4 is 11.7 Å². The topological polar surface area (TPSA) is 80.7 Å². The van der Waals surface area contributed by atoms with E-state index in [2.05, 4.69) is 15.2 Å². The fourth-order valence-corrected chi connectivity index (χ4v) is 2.09. The normalized spacial score (nSPS) is 11.5. The number of aromatic hydroxyl groups is 1. The van der Waals surface area contributed by atoms with Crippen LogP contribution in [0, 0.1) is 0 Å². The highest BCUT2D eigenvalue weighted by Crippen LogP contribution is 2.25. The van der Waals surface area contributed by atoms with Crippen LogP contribution < -0.4 is 4.74 Å². The molecule has 0 aliphatic carbocycles. The molecule has 1 heterocycles. The van der Waals surface area contributed by atoms with Gasteiger partial charge in [0.25, 0.3) is 0 Å². The molecule has 0 bridgehead atoms. The molecule has 6 heteroatoms. The number of rotatable bonds is 4. The molecule has 0 fully saturated rings. The van der Waals surface area contributed by atoms with Crippen LogP contribution in [0.3, 0.4) is 0 Å². The zero-order valence-electron chi connectivity index (χ0n) is 12.7. The fraction of sp³-hybridized carbons (Fsp3) is 0.118. The molecule has 6 nitrogen and oxygen atoms in total. The first kappa shape index (κ1) is 14.8. The van der Waals surface area contributed by atoms with Crippen LogP contribution >= 0.6 is 0 Å². The zero-order chi connectivity index (χ0) is 16.2. The molecule has 0 amide bonds. The Labute approximate surface area is 133 Å². The van der Waals surface area contributed by atoms with Gasteiger partial charge in [0.05, 0.1) is 12.8 Å². The molecule has 2 aromatic carbocycles. The van der Waals surface area contributed by atoms with Crippen LogP contribution in [0.5, 0.6) is 11.5 Å². The molecule has 0 saturated heterocycles. The van der Waals surface area contributed by atoms with E-state index >= 15 is 0 Å². The Balaban J connectivity index is 1.86. The number of aromatic nitrogens is 2. The van der Waals surface area contributed by atoms with E-state index in [1.807, 2.05) is 30.3 Å². The predicted octanol–water partition coefficient (Wildman–Crippen LogP) is 3.59. The molecule has 0 saturated carbocycles. The van der Waals surface area contributed by atoms with Crippen molar-refractivity contribution in [1.29, 1.82) is 0 Å². The van der Waals surface area contributed by atoms with E-state index in [0.29, 0.717) is 17.2 Å². The van der Waals surface area contributed by atoms with Crippen LogP contribution in [-0.2, 0) is 0 Å². The standard InChI is InChI=1S/C17H15N3O3/c1-11(14-5-3-4-6-15(14)21)18-17-20-19-16(23-17)12-7-9-13(22-2)10-8-12/h3-10,21H,1-2H3/b18-11-. The molecule has 0 spiro atoms. The van der Waals surface area contributed by atoms with Crippen LogP contribution in [-0.4, -0.2) is 28.1 Å². The molecule has 0 aliphatic rings. The molecule has 23 heavy (non-hydrogen) atoms. The summed E-state index contributed by atoms with van der Waals surface area (Å²) in [6.07, 6.45) is 0. The van der Waals surface area contributed by atoms with E-state index in [4.69, 9.17) is 9.15 Å². The number of hydrogen-bond donors (Lipinski definition) is 1. The smallest absolute Gasteiger partial charge is 0.342 e. The van der Waals surface area contributed by atoms with E-state index < -0.39 is 0 Å². The highest BCUT2D eigenvalue weighted by Gasteiger charge is 2.10. The minimum Gasteiger partial charge on any atom is -0.507 e. The summed E-state index contributed by atoms with van der Waals surface area (Å²) in [5, 5.41) is 17.7. The number of phenols is 1. The van der Waals surface area contributed by atoms with E-state index in [9.17, 15) is 5.11 Å². The first-order valence-electron chi connectivity index (χ1n) is 6.99. The first-order chi connectivity index (χ1) is 11.2. The zero-order valence-corrected chi connectivity index (χ0v) is 12.7. The van der Waals surface area contributed by atoms with Crippen LogP contribution in [0.4, 0.5) is 6.01 Å². The van der Waals surface area contributed by atoms with Gasteiger partial charge in [-0.25, -0.2) is 0 Å². The van der Waals surface area contributed by atoms with Crippen molar-refractivity contribution in [2.75, 3.05) is 7.11 Å². The lowest BCUT2D eigenvalue weighted by atomic mass is 10.1. The molecule has 0 unspecified atom stereocenters. The van der Waals surface area contributed by atoms with Crippen molar-refractivity contribution in [3.8, 4) is 23.0 Å². The summed E-state index contributed by atoms with van der Waals surface area (Å²) in [5.41, 5.74) is 1.99. The number of benzene rings is 2. The summed E-state index contributed by atoms with van der Waals surface area (Å²) >= 11 is 0. The van der Waals surface area contributed by atoms with Crippen LogP contribution in [0.15, 0.2) is 57.9 Å². The van der Waals surface area contributed by atoms with Crippen molar-refractivity contribution in [1.82, 2.24) is 10.2 Å². The maximum atomic E-state index is 9.83. The van der Waals surface area contributed by atoms with Gasteiger partial charge in [0.2, 0.25) is 5.89 Å². The average Bonchev–Trinajstić information content (AvgIpc) is 3.03. The van der Waals surface area contributed by atoms with Crippen molar-refractivity contribution in [2.45, 2.75) is 6.92 Å². The number of para-hydroxylation sites is 1. The largest absolute Gasteiger partial charge is 0.507 e. The van der Waals surface area contributed by atoms with Gasteiger partial charge in [-0.2, -0.15) is 4.99 Å². The summed E-state index contributed by atoms with van der Waals surface area (Å²) < 4.78 is 10.7. The molecule has 1 aromatic heterocycles. The Hall–Kier alpha value is -3.15. The van der Waals surface area contributed by atoms with Gasteiger partial charge in [-0.1, -0.05) is 17.2 Å². The highest BCUT2D eigenvalue weighted by atomic mass is 16.5. The van der Waals surface area contributed by atoms with Gasteiger partial charge in [-0.05, 0) is 43.3 Å². The molecule has 0 radical (unpaired) electrons. The molecule has 0 atom stereocenters. The number of nitrogens with zero attached hydrogens (tertiary/aromatic N) is 3. The Morgan fingerprint density at radius 2 is 1.83 bits per heavy atom. The van der Waals surface area contributed by atoms with Gasteiger partial charge in [-0.15, -0.1) is 5.10 Å². The Bertz CT molecular complexity index is 838. The number of aliphatic imine (C=N–C) groups is 1. The Morgan fingerprint density at radius 3 is 2.52 bits per heavy atom. The molecule has 1 N–H and O–H groups in total. The Morgan fingerprint density at radius 1 is 1.09 bits per heavy atom. The summed E-state index contributed by atoms with van der Waals surface area (Å²) in [6.45, 7) is 1.77. The molecule has 3 rings (SSSR count). The van der Waals surface area contributed by atoms with Crippen molar-refractivity contribution in [2.24, 2.45) is 4.99 Å². The maximum Gasteiger partial charge on any atom is 0.342 e. The Kier molecular flexibility index (Phi) is 4.05. The lowest BCUT2D eigenvalue weighted by Crippen LogP contribution is -1.94. The van der Waals surface area contributed by atoms with Gasteiger partial charge < -0.3 is 14.3 Å². The number of phenolic OH excluding ortho intramolecular Hbond substituents is 1. The van der Waals surface area contributed by atoms with Gasteiger partial charge in [0.1, 0.15) is 11.5 Å². The van der Waals surface area contributed by atoms with Crippen molar-refractivity contribution in [3.05, 3.63) is 54.1 Å². The number of ether oxygens (including phenoxy) is 1. The van der Waals surface area contributed by atoms with E-state index in [0.717, 1.165) is 11.3 Å². The van der Waals surface area contributed by atoms with Gasteiger partial charge in [-0.3, -0.25) is 0 Å². The third-order valence-electron chi connectivity index (χ3n) is 3.31. The van der Waals surface area contributed by atoms with Gasteiger partial charge in [0, 0.05) is 11.1 Å². The number of methoxy groups -OCH3 is 1. The minimum atomic E-state index is 0.136. The van der Waals surface area contributed by atoms with E-state index in [1.54, 1.807) is 32.2 Å². The number of hydrogen-bond acceptors (Lipinski definition) is 6. The second kappa shape index (κ2) is 6.31. The summed E-state index contributed by atoms with van der Waals surface area (Å²) in [6, 6.07) is 14.4. The van der Waals surface area contributed by atoms with Crippen molar-refractivity contribution in [3.63, 3.8) is 0 Å². The van der Waals surface area contributed by atoms with Crippen LogP contribution in [0.1, 0.15) is 12.5 Å². The third-order valence-corrected chi connectivity index (χ3v) is 3.31. The van der Waals surface area contributed by atoms with Gasteiger partial charge >= 0.3 is 6.01 Å². The first-order valence-corrected chi connectivity index (χ1v) is 6.99. The quantitative estimate of drug-likeness (QED) is 0.745. The predicted molar refractivity (Wildman–Crippen MR) is 86.3 cm³/mol. The SMILES string of the molecule is COc1ccc(-c2nnc(/N=C(/C)c3ccccc3O)o2)cc1. The van der Waals surface area contributed by atoms with Crippen molar-refractivity contribution < 1.29 is 14.3 Å². The monoisotopic (exact) mass is 309 g/mol. The highest BCUT2D eigenvalue weighted by molar-refractivity contribution is 6.01. The van der Waals surface area contributed by atoms with E-state index in [-0.39, 0.29) is 11.8 Å². The lowest BCUT2D eigenvalue weighted by Gasteiger charge is -2.01.